The van der Waals surface area contributed by atoms with E-state index < -0.39 is 24.7 Å². The minimum atomic E-state index is -4.35. The highest BCUT2D eigenvalue weighted by Gasteiger charge is 2.33. The summed E-state index contributed by atoms with van der Waals surface area (Å²) >= 11 is 0. The molecule has 0 atom stereocenters. The first-order valence-electron chi connectivity index (χ1n) is 4.34. The van der Waals surface area contributed by atoms with Crippen LogP contribution in [0.3, 0.4) is 0 Å². The molecule has 0 radical (unpaired) electrons. The van der Waals surface area contributed by atoms with Crippen molar-refractivity contribution >= 4 is 5.91 Å². The Bertz CT molecular complexity index is 192. The lowest BCUT2D eigenvalue weighted by atomic mass is 10.2. The van der Waals surface area contributed by atoms with Crippen molar-refractivity contribution in [2.24, 2.45) is 5.73 Å². The molecule has 0 aliphatic heterocycles. The Kier molecular flexibility index (Phi) is 4.90. The summed E-state index contributed by atoms with van der Waals surface area (Å²) in [5, 5.41) is 0. The van der Waals surface area contributed by atoms with Crippen molar-refractivity contribution in [2.75, 3.05) is 13.1 Å². The first kappa shape index (κ1) is 13.2. The van der Waals surface area contributed by atoms with Gasteiger partial charge in [-0.1, -0.05) is 0 Å². The van der Waals surface area contributed by atoms with Crippen LogP contribution in [-0.4, -0.2) is 36.1 Å². The Morgan fingerprint density at radius 1 is 1.43 bits per heavy atom. The number of rotatable bonds is 4. The molecule has 1 amide bonds. The fraction of sp³-hybridized carbons (Fsp3) is 0.875. The van der Waals surface area contributed by atoms with Crippen molar-refractivity contribution in [3.8, 4) is 0 Å². The third-order valence-corrected chi connectivity index (χ3v) is 1.65. The predicted octanol–water partition coefficient (Wildman–Crippen LogP) is 1.13. The molecular formula is C8H15F3N2O. The number of alkyl halides is 3. The molecule has 0 aromatic carbocycles. The van der Waals surface area contributed by atoms with Crippen LogP contribution < -0.4 is 5.73 Å². The highest BCUT2D eigenvalue weighted by atomic mass is 19.4. The van der Waals surface area contributed by atoms with Crippen LogP contribution >= 0.6 is 0 Å². The maximum atomic E-state index is 12.0. The largest absolute Gasteiger partial charge is 0.406 e. The Hall–Kier alpha value is -0.780. The van der Waals surface area contributed by atoms with Crippen molar-refractivity contribution in [3.05, 3.63) is 0 Å². The average Bonchev–Trinajstić information content (AvgIpc) is 1.98. The molecule has 0 unspecified atom stereocenters. The summed E-state index contributed by atoms with van der Waals surface area (Å²) in [7, 11) is 0. The predicted molar refractivity (Wildman–Crippen MR) is 46.6 cm³/mol. The van der Waals surface area contributed by atoms with Crippen LogP contribution in [0.4, 0.5) is 13.2 Å². The lowest BCUT2D eigenvalue weighted by molar-refractivity contribution is -0.164. The molecule has 0 saturated heterocycles. The van der Waals surface area contributed by atoms with Crippen molar-refractivity contribution < 1.29 is 18.0 Å². The number of nitrogens with two attached hydrogens (primary N) is 1. The van der Waals surface area contributed by atoms with Crippen LogP contribution in [0, 0.1) is 0 Å². The molecule has 0 aliphatic rings. The van der Waals surface area contributed by atoms with E-state index in [1.165, 1.54) is 0 Å². The number of carbonyl (C=O) groups excluding carboxylic acids is 1. The third kappa shape index (κ3) is 5.06. The van der Waals surface area contributed by atoms with E-state index in [1.54, 1.807) is 13.8 Å². The number of hydrogen-bond donors (Lipinski definition) is 1. The molecule has 0 fully saturated rings. The second-order valence-electron chi connectivity index (χ2n) is 3.27. The fourth-order valence-electron chi connectivity index (χ4n) is 1.02. The lowest BCUT2D eigenvalue weighted by Gasteiger charge is -2.27. The van der Waals surface area contributed by atoms with Crippen molar-refractivity contribution in [1.29, 1.82) is 0 Å². The maximum Gasteiger partial charge on any atom is 0.406 e. The van der Waals surface area contributed by atoms with Gasteiger partial charge in [0.05, 0.1) is 0 Å². The Morgan fingerprint density at radius 2 is 1.93 bits per heavy atom. The molecule has 2 N–H and O–H groups in total. The molecule has 3 nitrogen and oxygen atoms in total. The van der Waals surface area contributed by atoms with Crippen LogP contribution in [0.25, 0.3) is 0 Å². The van der Waals surface area contributed by atoms with Gasteiger partial charge < -0.3 is 10.6 Å². The van der Waals surface area contributed by atoms with Crippen molar-refractivity contribution in [2.45, 2.75) is 32.5 Å². The zero-order chi connectivity index (χ0) is 11.4. The number of carbonyl (C=O) groups is 1. The molecular weight excluding hydrogens is 197 g/mol. The fourth-order valence-corrected chi connectivity index (χ4v) is 1.02. The summed E-state index contributed by atoms with van der Waals surface area (Å²) in [6, 6.07) is -0.462. The second kappa shape index (κ2) is 5.19. The van der Waals surface area contributed by atoms with E-state index in [9.17, 15) is 18.0 Å². The number of halogens is 3. The van der Waals surface area contributed by atoms with Crippen molar-refractivity contribution in [3.63, 3.8) is 0 Å². The molecule has 0 heterocycles. The molecule has 0 aliphatic carbocycles. The summed E-state index contributed by atoms with van der Waals surface area (Å²) in [5.74, 6) is -0.556. The molecule has 0 bridgehead atoms. The van der Waals surface area contributed by atoms with Crippen LogP contribution in [0.1, 0.15) is 20.3 Å². The Morgan fingerprint density at radius 3 is 2.21 bits per heavy atom. The molecule has 0 aromatic rings. The number of nitrogens with zero attached hydrogens (tertiary/aromatic N) is 1. The van der Waals surface area contributed by atoms with Gasteiger partial charge in [0.1, 0.15) is 6.54 Å². The number of hydrogen-bond acceptors (Lipinski definition) is 2. The van der Waals surface area contributed by atoms with Gasteiger partial charge in [0.2, 0.25) is 5.91 Å². The summed E-state index contributed by atoms with van der Waals surface area (Å²) in [5.41, 5.74) is 5.10. The van der Waals surface area contributed by atoms with E-state index in [-0.39, 0.29) is 13.0 Å². The summed E-state index contributed by atoms with van der Waals surface area (Å²) in [6.07, 6.45) is -4.40. The van der Waals surface area contributed by atoms with Gasteiger partial charge in [0, 0.05) is 19.0 Å². The molecule has 0 aromatic heterocycles. The van der Waals surface area contributed by atoms with E-state index in [0.29, 0.717) is 0 Å². The van der Waals surface area contributed by atoms with Crippen LogP contribution in [0.2, 0.25) is 0 Å². The smallest absolute Gasteiger partial charge is 0.331 e. The second-order valence-corrected chi connectivity index (χ2v) is 3.27. The molecule has 84 valence electrons. The first-order chi connectivity index (χ1) is 6.28. The minimum Gasteiger partial charge on any atom is -0.331 e. The minimum absolute atomic E-state index is 0.0474. The number of amides is 1. The van der Waals surface area contributed by atoms with Gasteiger partial charge in [-0.25, -0.2) is 0 Å². The van der Waals surface area contributed by atoms with E-state index in [4.69, 9.17) is 5.73 Å². The van der Waals surface area contributed by atoms with Gasteiger partial charge in [-0.3, -0.25) is 4.79 Å². The van der Waals surface area contributed by atoms with E-state index >= 15 is 0 Å². The standard InChI is InChI=1S/C8H15F3N2O/c1-6(2)13(5-8(9,10)11)7(14)3-4-12/h6H,3-5,12H2,1-2H3. The van der Waals surface area contributed by atoms with Crippen LogP contribution in [-0.2, 0) is 4.79 Å². The lowest BCUT2D eigenvalue weighted by Crippen LogP contribution is -2.43. The highest BCUT2D eigenvalue weighted by molar-refractivity contribution is 5.76. The molecule has 0 spiro atoms. The Balaban J connectivity index is 4.37. The molecule has 0 saturated carbocycles. The van der Waals surface area contributed by atoms with E-state index in [0.717, 1.165) is 4.90 Å². The third-order valence-electron chi connectivity index (χ3n) is 1.65. The normalized spacial score (nSPS) is 11.9. The molecule has 0 rings (SSSR count). The summed E-state index contributed by atoms with van der Waals surface area (Å²) in [6.45, 7) is 1.95. The van der Waals surface area contributed by atoms with Gasteiger partial charge in [-0.2, -0.15) is 13.2 Å². The van der Waals surface area contributed by atoms with Gasteiger partial charge in [-0.15, -0.1) is 0 Å². The molecule has 14 heavy (non-hydrogen) atoms. The maximum absolute atomic E-state index is 12.0. The van der Waals surface area contributed by atoms with Gasteiger partial charge in [-0.05, 0) is 13.8 Å². The van der Waals surface area contributed by atoms with E-state index in [1.807, 2.05) is 0 Å². The van der Waals surface area contributed by atoms with Crippen LogP contribution in [0.15, 0.2) is 0 Å². The summed E-state index contributed by atoms with van der Waals surface area (Å²) in [4.78, 5) is 12.0. The zero-order valence-electron chi connectivity index (χ0n) is 8.27. The van der Waals surface area contributed by atoms with Gasteiger partial charge in [0.15, 0.2) is 0 Å². The topological polar surface area (TPSA) is 46.3 Å². The average molecular weight is 212 g/mol. The quantitative estimate of drug-likeness (QED) is 0.759. The Labute approximate surface area is 81.1 Å². The van der Waals surface area contributed by atoms with Crippen LogP contribution in [0.5, 0.6) is 0 Å². The SMILES string of the molecule is CC(C)N(CC(F)(F)F)C(=O)CCN. The summed E-state index contributed by atoms with van der Waals surface area (Å²) < 4.78 is 36.1. The van der Waals surface area contributed by atoms with E-state index in [2.05, 4.69) is 0 Å². The monoisotopic (exact) mass is 212 g/mol. The zero-order valence-corrected chi connectivity index (χ0v) is 8.27. The van der Waals surface area contributed by atoms with Gasteiger partial charge in [0.25, 0.3) is 0 Å². The van der Waals surface area contributed by atoms with Gasteiger partial charge >= 0.3 is 6.18 Å². The van der Waals surface area contributed by atoms with Crippen molar-refractivity contribution in [1.82, 2.24) is 4.90 Å². The molecule has 6 heteroatoms. The highest BCUT2D eigenvalue weighted by Crippen LogP contribution is 2.18. The first-order valence-corrected chi connectivity index (χ1v) is 4.34.